The maximum absolute atomic E-state index is 12.5. The minimum absolute atomic E-state index is 0.221. The Morgan fingerprint density at radius 3 is 0.864 bits per heavy atom. The first-order valence-electron chi connectivity index (χ1n) is 25.8. The summed E-state index contributed by atoms with van der Waals surface area (Å²) >= 11 is 0. The summed E-state index contributed by atoms with van der Waals surface area (Å²) in [5, 5.41) is 0. The molecule has 0 aromatic carbocycles. The van der Waals surface area contributed by atoms with Crippen LogP contribution < -0.4 is 0 Å². The van der Waals surface area contributed by atoms with E-state index in [9.17, 15) is 14.2 Å². The smallest absolute Gasteiger partial charge is 0.462 e. The Kier molecular flexibility index (Phi) is 45.8. The zero-order chi connectivity index (χ0) is 43.2. The van der Waals surface area contributed by atoms with Crippen LogP contribution in [-0.4, -0.2) is 41.0 Å². The number of esters is 2. The summed E-state index contributed by atoms with van der Waals surface area (Å²) in [6, 6.07) is 0. The van der Waals surface area contributed by atoms with E-state index in [1.165, 1.54) is 225 Å². The van der Waals surface area contributed by atoms with Gasteiger partial charge in [0.2, 0.25) is 0 Å². The average molecular weight is 859 g/mol. The summed E-state index contributed by atoms with van der Waals surface area (Å²) in [4.78, 5) is 43.1. The van der Waals surface area contributed by atoms with Gasteiger partial charge in [0, 0.05) is 12.8 Å². The van der Waals surface area contributed by atoms with E-state index in [2.05, 4.69) is 18.4 Å². The van der Waals surface area contributed by atoms with Gasteiger partial charge in [0.05, 0.1) is 6.61 Å². The summed E-state index contributed by atoms with van der Waals surface area (Å²) in [6.45, 7) is 3.76. The Labute approximate surface area is 365 Å². The van der Waals surface area contributed by atoms with Crippen LogP contribution in [0.25, 0.3) is 0 Å². The molecule has 59 heavy (non-hydrogen) atoms. The molecule has 0 saturated heterocycles. The largest absolute Gasteiger partial charge is 0.469 e. The third-order valence-corrected chi connectivity index (χ3v) is 12.4. The van der Waals surface area contributed by atoms with Crippen LogP contribution in [0, 0.1) is 0 Å². The first kappa shape index (κ1) is 58.0. The van der Waals surface area contributed by atoms with Crippen molar-refractivity contribution in [3.05, 3.63) is 0 Å². The molecule has 0 aliphatic rings. The number of ether oxygens (including phenoxy) is 2. The van der Waals surface area contributed by atoms with Crippen molar-refractivity contribution in [2.45, 2.75) is 296 Å². The fraction of sp³-hybridized carbons (Fsp3) is 0.960. The molecule has 0 aliphatic heterocycles. The van der Waals surface area contributed by atoms with E-state index >= 15 is 0 Å². The molecule has 2 N–H and O–H groups in total. The number of phosphoric ester groups is 1. The van der Waals surface area contributed by atoms with Crippen molar-refractivity contribution in [2.75, 3.05) is 13.2 Å². The van der Waals surface area contributed by atoms with Gasteiger partial charge in [-0.15, -0.1) is 0 Å². The minimum Gasteiger partial charge on any atom is -0.462 e. The van der Waals surface area contributed by atoms with E-state index < -0.39 is 32.5 Å². The van der Waals surface area contributed by atoms with Crippen molar-refractivity contribution < 1.29 is 37.9 Å². The van der Waals surface area contributed by atoms with Crippen molar-refractivity contribution in [3.8, 4) is 0 Å². The highest BCUT2D eigenvalue weighted by molar-refractivity contribution is 7.46. The molecule has 8 nitrogen and oxygen atoms in total. The molecule has 0 aliphatic carbocycles. The molecule has 1 unspecified atom stereocenters. The molecule has 352 valence electrons. The van der Waals surface area contributed by atoms with Crippen molar-refractivity contribution in [1.29, 1.82) is 0 Å². The highest BCUT2D eigenvalue weighted by Gasteiger charge is 2.23. The Bertz CT molecular complexity index is 925. The predicted octanol–water partition coefficient (Wildman–Crippen LogP) is 16.4. The SMILES string of the molecule is CCCCCCCCCCCCCCCCCCCCCCCC(=O)OC(COC(=O)CCCCCCCCCCCCCCCCCCCCCC)COP(=O)(O)O. The number of hydrogen-bond acceptors (Lipinski definition) is 6. The van der Waals surface area contributed by atoms with Gasteiger partial charge in [-0.1, -0.05) is 264 Å². The zero-order valence-corrected chi connectivity index (χ0v) is 40.1. The molecule has 0 spiro atoms. The Morgan fingerprint density at radius 1 is 0.373 bits per heavy atom. The van der Waals surface area contributed by atoms with E-state index in [1.807, 2.05) is 0 Å². The molecule has 0 heterocycles. The molecule has 0 aromatic heterocycles. The predicted molar refractivity (Wildman–Crippen MR) is 249 cm³/mol. The molecule has 0 amide bonds. The van der Waals surface area contributed by atoms with Crippen LogP contribution in [0.2, 0.25) is 0 Å². The number of carbonyl (C=O) groups excluding carboxylic acids is 2. The van der Waals surface area contributed by atoms with Crippen molar-refractivity contribution >= 4 is 19.8 Å². The molecule has 0 bridgehead atoms. The topological polar surface area (TPSA) is 119 Å². The lowest BCUT2D eigenvalue weighted by atomic mass is 10.0. The van der Waals surface area contributed by atoms with E-state index in [1.54, 1.807) is 0 Å². The van der Waals surface area contributed by atoms with Crippen molar-refractivity contribution in [2.24, 2.45) is 0 Å². The van der Waals surface area contributed by atoms with Crippen LogP contribution in [0.5, 0.6) is 0 Å². The molecule has 0 aromatic rings. The highest BCUT2D eigenvalue weighted by atomic mass is 31.2. The van der Waals surface area contributed by atoms with Gasteiger partial charge >= 0.3 is 19.8 Å². The first-order valence-corrected chi connectivity index (χ1v) is 27.4. The monoisotopic (exact) mass is 859 g/mol. The summed E-state index contributed by atoms with van der Waals surface area (Å²) < 4.78 is 26.6. The Morgan fingerprint density at radius 2 is 0.610 bits per heavy atom. The lowest BCUT2D eigenvalue weighted by Crippen LogP contribution is -2.29. The second kappa shape index (κ2) is 46.6. The summed E-state index contributed by atoms with van der Waals surface area (Å²) in [7, 11) is -4.75. The van der Waals surface area contributed by atoms with Crippen LogP contribution in [0.15, 0.2) is 0 Å². The molecule has 0 saturated carbocycles. The molecule has 0 fully saturated rings. The maximum Gasteiger partial charge on any atom is 0.469 e. The third-order valence-electron chi connectivity index (χ3n) is 11.9. The van der Waals surface area contributed by atoms with Crippen LogP contribution in [0.4, 0.5) is 0 Å². The molecule has 1 atom stereocenters. The Balaban J connectivity index is 3.75. The first-order chi connectivity index (χ1) is 28.8. The lowest BCUT2D eigenvalue weighted by molar-refractivity contribution is -0.161. The van der Waals surface area contributed by atoms with Crippen molar-refractivity contribution in [1.82, 2.24) is 0 Å². The van der Waals surface area contributed by atoms with E-state index in [0.717, 1.165) is 32.1 Å². The van der Waals surface area contributed by atoms with E-state index in [0.29, 0.717) is 6.42 Å². The van der Waals surface area contributed by atoms with Crippen LogP contribution >= 0.6 is 7.82 Å². The average Bonchev–Trinajstić information content (AvgIpc) is 3.21. The van der Waals surface area contributed by atoms with Gasteiger partial charge < -0.3 is 19.3 Å². The second-order valence-corrected chi connectivity index (χ2v) is 19.1. The van der Waals surface area contributed by atoms with Crippen molar-refractivity contribution in [3.63, 3.8) is 0 Å². The molecular formula is C50H99O8P. The third kappa shape index (κ3) is 49.6. The quantitative estimate of drug-likeness (QED) is 0.0353. The highest BCUT2D eigenvalue weighted by Crippen LogP contribution is 2.36. The van der Waals surface area contributed by atoms with Crippen LogP contribution in [0.1, 0.15) is 290 Å². The normalized spacial score (nSPS) is 12.3. The fourth-order valence-electron chi connectivity index (χ4n) is 8.03. The summed E-state index contributed by atoms with van der Waals surface area (Å²) in [5.41, 5.74) is 0. The van der Waals surface area contributed by atoms with E-state index in [4.69, 9.17) is 19.3 Å². The summed E-state index contributed by atoms with van der Waals surface area (Å²) in [5.74, 6) is -0.860. The van der Waals surface area contributed by atoms with Gasteiger partial charge in [0.25, 0.3) is 0 Å². The van der Waals surface area contributed by atoms with Crippen LogP contribution in [0.3, 0.4) is 0 Å². The number of phosphoric acid groups is 1. The fourth-order valence-corrected chi connectivity index (χ4v) is 8.39. The Hall–Kier alpha value is -0.950. The van der Waals surface area contributed by atoms with Gasteiger partial charge in [0.15, 0.2) is 6.10 Å². The number of unbranched alkanes of at least 4 members (excludes halogenated alkanes) is 39. The zero-order valence-electron chi connectivity index (χ0n) is 39.2. The number of carbonyl (C=O) groups is 2. The molecule has 9 heteroatoms. The molecule has 0 radical (unpaired) electrons. The van der Waals surface area contributed by atoms with Gasteiger partial charge in [-0.25, -0.2) is 4.57 Å². The van der Waals surface area contributed by atoms with E-state index in [-0.39, 0.29) is 19.4 Å². The maximum atomic E-state index is 12.5. The molecular weight excluding hydrogens is 760 g/mol. The summed E-state index contributed by atoms with van der Waals surface area (Å²) in [6.07, 6.45) is 52.7. The standard InChI is InChI=1S/C50H99O8P/c1-3-5-7-9-11-13-15-17-19-21-23-25-27-29-31-33-35-37-39-41-43-45-50(52)58-48(47-57-59(53,54)55)46-56-49(51)44-42-40-38-36-34-32-30-28-26-24-22-20-18-16-14-12-10-8-6-4-2/h48H,3-47H2,1-2H3,(H2,53,54,55). The van der Waals surface area contributed by atoms with Gasteiger partial charge in [-0.3, -0.25) is 14.1 Å². The van der Waals surface area contributed by atoms with Gasteiger partial charge in [-0.05, 0) is 12.8 Å². The minimum atomic E-state index is -4.75. The van der Waals surface area contributed by atoms with Gasteiger partial charge in [-0.2, -0.15) is 0 Å². The lowest BCUT2D eigenvalue weighted by Gasteiger charge is -2.18. The van der Waals surface area contributed by atoms with Gasteiger partial charge in [0.1, 0.15) is 6.61 Å². The van der Waals surface area contributed by atoms with Crippen LogP contribution in [-0.2, 0) is 28.2 Å². The number of rotatable bonds is 49. The number of hydrogen-bond donors (Lipinski definition) is 2. The molecule has 0 rings (SSSR count). The second-order valence-electron chi connectivity index (χ2n) is 17.9.